The lowest BCUT2D eigenvalue weighted by atomic mass is 10.0. The van der Waals surface area contributed by atoms with Gasteiger partial charge in [0.05, 0.1) is 11.7 Å². The largest absolute Gasteiger partial charge is 0.338 e. The normalized spacial score (nSPS) is 22.9. The van der Waals surface area contributed by atoms with Gasteiger partial charge in [0.2, 0.25) is 11.8 Å². The van der Waals surface area contributed by atoms with Crippen molar-refractivity contribution in [2.45, 2.75) is 77.3 Å². The Morgan fingerprint density at radius 2 is 1.96 bits per heavy atom. The number of hydrogen-bond acceptors (Lipinski definition) is 4. The van der Waals surface area contributed by atoms with Crippen LogP contribution in [-0.4, -0.2) is 44.7 Å². The van der Waals surface area contributed by atoms with Crippen LogP contribution in [0.4, 0.5) is 0 Å². The van der Waals surface area contributed by atoms with E-state index in [9.17, 15) is 9.59 Å². The fourth-order valence-electron chi connectivity index (χ4n) is 4.86. The maximum atomic E-state index is 12.8. The first-order valence-corrected chi connectivity index (χ1v) is 10.5. The zero-order valence-corrected chi connectivity index (χ0v) is 16.3. The molecule has 1 aromatic rings. The number of carbonyl (C=O) groups is 2. The third-order valence-electron chi connectivity index (χ3n) is 6.51. The highest BCUT2D eigenvalue weighted by atomic mass is 16.2. The number of nitrogens with zero attached hydrogens (tertiary/aromatic N) is 4. The molecule has 1 atom stereocenters. The van der Waals surface area contributed by atoms with Gasteiger partial charge in [0, 0.05) is 51.2 Å². The number of hydrogen-bond donors (Lipinski definition) is 0. The summed E-state index contributed by atoms with van der Waals surface area (Å²) in [4.78, 5) is 37.7. The van der Waals surface area contributed by atoms with Crippen molar-refractivity contribution in [1.82, 2.24) is 19.8 Å². The van der Waals surface area contributed by atoms with Crippen molar-refractivity contribution in [3.8, 4) is 0 Å². The standard InChI is InChI=1S/C21H30N4O2/c1-15(26)24-12-10-18-17(14-24)13-22-21(23-18)19-7-4-11-25(19)20(27)9-8-16-5-2-3-6-16/h13,16,19H,2-12,14H2,1H3. The van der Waals surface area contributed by atoms with Crippen molar-refractivity contribution in [1.29, 1.82) is 0 Å². The fourth-order valence-corrected chi connectivity index (χ4v) is 4.86. The molecule has 0 spiro atoms. The first kappa shape index (κ1) is 18.4. The molecule has 4 rings (SSSR count). The first-order valence-electron chi connectivity index (χ1n) is 10.5. The Morgan fingerprint density at radius 3 is 2.74 bits per heavy atom. The summed E-state index contributed by atoms with van der Waals surface area (Å²) in [7, 11) is 0. The molecular weight excluding hydrogens is 340 g/mol. The van der Waals surface area contributed by atoms with E-state index in [1.54, 1.807) is 6.92 Å². The van der Waals surface area contributed by atoms with Crippen LogP contribution in [0.5, 0.6) is 0 Å². The van der Waals surface area contributed by atoms with E-state index in [1.165, 1.54) is 25.7 Å². The first-order chi connectivity index (χ1) is 13.1. The Bertz CT molecular complexity index is 714. The summed E-state index contributed by atoms with van der Waals surface area (Å²) in [5.41, 5.74) is 2.08. The van der Waals surface area contributed by atoms with Crippen molar-refractivity contribution in [2.75, 3.05) is 13.1 Å². The van der Waals surface area contributed by atoms with Gasteiger partial charge in [-0.1, -0.05) is 25.7 Å². The molecule has 6 nitrogen and oxygen atoms in total. The molecule has 1 saturated heterocycles. The Labute approximate surface area is 161 Å². The highest BCUT2D eigenvalue weighted by molar-refractivity contribution is 5.77. The van der Waals surface area contributed by atoms with Crippen LogP contribution in [-0.2, 0) is 22.6 Å². The number of likely N-dealkylation sites (tertiary alicyclic amines) is 1. The smallest absolute Gasteiger partial charge is 0.223 e. The summed E-state index contributed by atoms with van der Waals surface area (Å²) < 4.78 is 0. The molecule has 0 aromatic carbocycles. The second-order valence-corrected chi connectivity index (χ2v) is 8.33. The molecule has 1 unspecified atom stereocenters. The lowest BCUT2D eigenvalue weighted by molar-refractivity contribution is -0.132. The van der Waals surface area contributed by atoms with E-state index in [4.69, 9.17) is 4.98 Å². The molecule has 2 fully saturated rings. The van der Waals surface area contributed by atoms with Crippen LogP contribution in [0.25, 0.3) is 0 Å². The summed E-state index contributed by atoms with van der Waals surface area (Å²) in [6.07, 6.45) is 11.6. The zero-order valence-electron chi connectivity index (χ0n) is 16.3. The molecule has 1 aromatic heterocycles. The van der Waals surface area contributed by atoms with Crippen molar-refractivity contribution in [3.63, 3.8) is 0 Å². The van der Waals surface area contributed by atoms with Gasteiger partial charge < -0.3 is 9.80 Å². The second kappa shape index (κ2) is 7.95. The quantitative estimate of drug-likeness (QED) is 0.817. The van der Waals surface area contributed by atoms with Gasteiger partial charge in [0.25, 0.3) is 0 Å². The molecule has 2 aliphatic heterocycles. The molecule has 0 N–H and O–H groups in total. The topological polar surface area (TPSA) is 66.4 Å². The average Bonchev–Trinajstić information content (AvgIpc) is 3.37. The summed E-state index contributed by atoms with van der Waals surface area (Å²) in [6.45, 7) is 3.74. The maximum Gasteiger partial charge on any atom is 0.223 e. The Hall–Kier alpha value is -1.98. The van der Waals surface area contributed by atoms with E-state index in [-0.39, 0.29) is 17.9 Å². The number of aromatic nitrogens is 2. The molecule has 1 aliphatic carbocycles. The summed E-state index contributed by atoms with van der Waals surface area (Å²) in [5.74, 6) is 1.91. The predicted octanol–water partition coefficient (Wildman–Crippen LogP) is 3.02. The van der Waals surface area contributed by atoms with Gasteiger partial charge in [-0.05, 0) is 25.2 Å². The third-order valence-corrected chi connectivity index (χ3v) is 6.51. The molecule has 0 radical (unpaired) electrons. The van der Waals surface area contributed by atoms with Gasteiger partial charge in [0.1, 0.15) is 0 Å². The van der Waals surface area contributed by atoms with Crippen LogP contribution >= 0.6 is 0 Å². The van der Waals surface area contributed by atoms with Crippen molar-refractivity contribution < 1.29 is 9.59 Å². The maximum absolute atomic E-state index is 12.8. The van der Waals surface area contributed by atoms with Crippen LogP contribution in [0.15, 0.2) is 6.20 Å². The number of carbonyl (C=O) groups excluding carboxylic acids is 2. The predicted molar refractivity (Wildman–Crippen MR) is 102 cm³/mol. The molecule has 1 saturated carbocycles. The van der Waals surface area contributed by atoms with E-state index in [2.05, 4.69) is 4.98 Å². The van der Waals surface area contributed by atoms with Gasteiger partial charge in [0.15, 0.2) is 5.82 Å². The van der Waals surface area contributed by atoms with Crippen molar-refractivity contribution in [2.24, 2.45) is 5.92 Å². The van der Waals surface area contributed by atoms with Gasteiger partial charge in [-0.15, -0.1) is 0 Å². The second-order valence-electron chi connectivity index (χ2n) is 8.33. The lowest BCUT2D eigenvalue weighted by Gasteiger charge is -2.29. The summed E-state index contributed by atoms with van der Waals surface area (Å²) in [6, 6.07) is 0.0252. The SMILES string of the molecule is CC(=O)N1CCc2nc(C3CCCN3C(=O)CCC3CCCC3)ncc2C1. The summed E-state index contributed by atoms with van der Waals surface area (Å²) >= 11 is 0. The average molecular weight is 370 g/mol. The van der Waals surface area contributed by atoms with Gasteiger partial charge in [-0.2, -0.15) is 0 Å². The highest BCUT2D eigenvalue weighted by Crippen LogP contribution is 2.33. The van der Waals surface area contributed by atoms with Crippen LogP contribution in [0.3, 0.4) is 0 Å². The van der Waals surface area contributed by atoms with Gasteiger partial charge in [-0.3, -0.25) is 9.59 Å². The third kappa shape index (κ3) is 3.99. The molecule has 6 heteroatoms. The Balaban J connectivity index is 1.42. The molecule has 146 valence electrons. The van der Waals surface area contributed by atoms with E-state index in [0.29, 0.717) is 19.5 Å². The molecule has 0 bridgehead atoms. The molecule has 3 heterocycles. The zero-order chi connectivity index (χ0) is 18.8. The number of rotatable bonds is 4. The van der Waals surface area contributed by atoms with Crippen LogP contribution in [0.2, 0.25) is 0 Å². The number of fused-ring (bicyclic) bond motifs is 1. The van der Waals surface area contributed by atoms with Crippen LogP contribution < -0.4 is 0 Å². The molecular formula is C21H30N4O2. The fraction of sp³-hybridized carbons (Fsp3) is 0.714. The molecule has 3 aliphatic rings. The van der Waals surface area contributed by atoms with E-state index in [0.717, 1.165) is 55.2 Å². The minimum Gasteiger partial charge on any atom is -0.338 e. The van der Waals surface area contributed by atoms with E-state index < -0.39 is 0 Å². The van der Waals surface area contributed by atoms with Gasteiger partial charge in [-0.25, -0.2) is 9.97 Å². The number of amides is 2. The van der Waals surface area contributed by atoms with E-state index >= 15 is 0 Å². The van der Waals surface area contributed by atoms with Gasteiger partial charge >= 0.3 is 0 Å². The minimum absolute atomic E-state index is 0.0252. The summed E-state index contributed by atoms with van der Waals surface area (Å²) in [5, 5.41) is 0. The monoisotopic (exact) mass is 370 g/mol. The van der Waals surface area contributed by atoms with Crippen LogP contribution in [0, 0.1) is 5.92 Å². The van der Waals surface area contributed by atoms with Crippen molar-refractivity contribution in [3.05, 3.63) is 23.3 Å². The Kier molecular flexibility index (Phi) is 5.41. The lowest BCUT2D eigenvalue weighted by Crippen LogP contribution is -2.36. The molecule has 2 amide bonds. The highest BCUT2D eigenvalue weighted by Gasteiger charge is 2.33. The van der Waals surface area contributed by atoms with E-state index in [1.807, 2.05) is 16.0 Å². The van der Waals surface area contributed by atoms with Crippen LogP contribution in [0.1, 0.15) is 81.4 Å². The van der Waals surface area contributed by atoms with Crippen molar-refractivity contribution >= 4 is 11.8 Å². The Morgan fingerprint density at radius 1 is 1.15 bits per heavy atom. The molecule has 27 heavy (non-hydrogen) atoms. The minimum atomic E-state index is 0.0252.